The minimum Gasteiger partial charge on any atom is -0.387 e. The number of aromatic nitrogens is 2. The van der Waals surface area contributed by atoms with Crippen LogP contribution >= 0.6 is 0 Å². The smallest absolute Gasteiger partial charge is 0.252 e. The molecule has 0 amide bonds. The monoisotopic (exact) mass is 218 g/mol. The van der Waals surface area contributed by atoms with Crippen LogP contribution in [-0.4, -0.2) is 35.2 Å². The largest absolute Gasteiger partial charge is 0.387 e. The fourth-order valence-electron chi connectivity index (χ4n) is 1.50. The van der Waals surface area contributed by atoms with Crippen molar-refractivity contribution in [1.29, 1.82) is 0 Å². The zero-order valence-electron chi connectivity index (χ0n) is 7.38. The van der Waals surface area contributed by atoms with Crippen molar-refractivity contribution in [3.63, 3.8) is 0 Å². The zero-order chi connectivity index (χ0) is 10.2. The van der Waals surface area contributed by atoms with Gasteiger partial charge in [-0.25, -0.2) is 8.42 Å². The molecule has 1 fully saturated rings. The van der Waals surface area contributed by atoms with Crippen molar-refractivity contribution in [3.05, 3.63) is 11.7 Å². The van der Waals surface area contributed by atoms with Crippen molar-refractivity contribution < 1.29 is 18.0 Å². The summed E-state index contributed by atoms with van der Waals surface area (Å²) in [5.41, 5.74) is 0. The lowest BCUT2D eigenvalue weighted by atomic mass is 10.1. The molecule has 1 aliphatic rings. The number of aliphatic hydroxyl groups is 1. The van der Waals surface area contributed by atoms with Crippen molar-refractivity contribution >= 4 is 9.84 Å². The predicted octanol–water partition coefficient (Wildman–Crippen LogP) is -0.536. The van der Waals surface area contributed by atoms with Crippen molar-refractivity contribution in [1.82, 2.24) is 10.1 Å². The molecule has 0 saturated carbocycles. The number of hydrogen-bond donors (Lipinski definition) is 1. The Balaban J connectivity index is 2.17. The van der Waals surface area contributed by atoms with E-state index < -0.39 is 9.84 Å². The molecule has 7 heteroatoms. The molecule has 0 radical (unpaired) electrons. The van der Waals surface area contributed by atoms with E-state index in [0.29, 0.717) is 12.2 Å². The van der Waals surface area contributed by atoms with E-state index in [9.17, 15) is 8.42 Å². The molecule has 1 N–H and O–H groups in total. The summed E-state index contributed by atoms with van der Waals surface area (Å²) in [6.45, 7) is -0.313. The lowest BCUT2D eigenvalue weighted by Crippen LogP contribution is -2.05. The number of hydrogen-bond acceptors (Lipinski definition) is 6. The van der Waals surface area contributed by atoms with Gasteiger partial charge >= 0.3 is 0 Å². The number of sulfone groups is 1. The molecule has 2 heterocycles. The van der Waals surface area contributed by atoms with Crippen LogP contribution < -0.4 is 0 Å². The molecule has 1 aromatic rings. The second-order valence-electron chi connectivity index (χ2n) is 3.30. The molecular formula is C7H10N2O4S. The van der Waals surface area contributed by atoms with E-state index in [1.54, 1.807) is 0 Å². The zero-order valence-corrected chi connectivity index (χ0v) is 8.20. The molecule has 2 rings (SSSR count). The molecule has 1 aliphatic heterocycles. The van der Waals surface area contributed by atoms with Gasteiger partial charge in [0.15, 0.2) is 15.7 Å². The molecule has 14 heavy (non-hydrogen) atoms. The van der Waals surface area contributed by atoms with Crippen LogP contribution in [0.25, 0.3) is 0 Å². The molecule has 0 spiro atoms. The van der Waals surface area contributed by atoms with Gasteiger partial charge < -0.3 is 9.63 Å². The van der Waals surface area contributed by atoms with Crippen molar-refractivity contribution in [2.45, 2.75) is 18.9 Å². The van der Waals surface area contributed by atoms with Gasteiger partial charge in [-0.05, 0) is 6.42 Å². The van der Waals surface area contributed by atoms with Crippen LogP contribution in [0.5, 0.6) is 0 Å². The highest BCUT2D eigenvalue weighted by molar-refractivity contribution is 7.91. The number of nitrogens with zero attached hydrogens (tertiary/aromatic N) is 2. The maximum absolute atomic E-state index is 11.2. The number of rotatable bonds is 2. The highest BCUT2D eigenvalue weighted by Gasteiger charge is 2.32. The average molecular weight is 218 g/mol. The van der Waals surface area contributed by atoms with E-state index in [4.69, 9.17) is 5.11 Å². The summed E-state index contributed by atoms with van der Waals surface area (Å²) < 4.78 is 27.0. The first kappa shape index (κ1) is 9.60. The van der Waals surface area contributed by atoms with Crippen LogP contribution in [0.4, 0.5) is 0 Å². The lowest BCUT2D eigenvalue weighted by molar-refractivity contribution is 0.222. The van der Waals surface area contributed by atoms with Crippen LogP contribution in [-0.2, 0) is 16.4 Å². The highest BCUT2D eigenvalue weighted by atomic mass is 32.2. The SMILES string of the molecule is O=S1(=O)CCC(c2noc(CO)n2)C1. The van der Waals surface area contributed by atoms with Gasteiger partial charge in [0, 0.05) is 5.92 Å². The first-order valence-corrected chi connectivity index (χ1v) is 6.06. The summed E-state index contributed by atoms with van der Waals surface area (Å²) in [5.74, 6) is 0.599. The standard InChI is InChI=1S/C7H10N2O4S/c10-3-6-8-7(9-13-6)5-1-2-14(11,12)4-5/h5,10H,1-4H2. The molecule has 1 atom stereocenters. The summed E-state index contributed by atoms with van der Waals surface area (Å²) in [4.78, 5) is 3.88. The second-order valence-corrected chi connectivity index (χ2v) is 5.53. The molecule has 0 aromatic carbocycles. The fourth-order valence-corrected chi connectivity index (χ4v) is 3.24. The van der Waals surface area contributed by atoms with Crippen LogP contribution in [0, 0.1) is 0 Å². The van der Waals surface area contributed by atoms with Gasteiger partial charge in [0.1, 0.15) is 6.61 Å². The topological polar surface area (TPSA) is 93.3 Å². The average Bonchev–Trinajstić information content (AvgIpc) is 2.70. The van der Waals surface area contributed by atoms with E-state index in [-0.39, 0.29) is 29.9 Å². The van der Waals surface area contributed by atoms with Gasteiger partial charge in [0.05, 0.1) is 11.5 Å². The Morgan fingerprint density at radius 2 is 2.36 bits per heavy atom. The Morgan fingerprint density at radius 3 is 2.86 bits per heavy atom. The van der Waals surface area contributed by atoms with Crippen LogP contribution in [0.2, 0.25) is 0 Å². The quantitative estimate of drug-likeness (QED) is 0.716. The maximum atomic E-state index is 11.2. The van der Waals surface area contributed by atoms with Gasteiger partial charge in [0.2, 0.25) is 0 Å². The molecule has 1 unspecified atom stereocenters. The third-order valence-corrected chi connectivity index (χ3v) is 3.98. The molecule has 1 aromatic heterocycles. The third kappa shape index (κ3) is 1.78. The first-order chi connectivity index (χ1) is 6.61. The van der Waals surface area contributed by atoms with Gasteiger partial charge in [-0.3, -0.25) is 0 Å². The predicted molar refractivity (Wildman–Crippen MR) is 46.2 cm³/mol. The lowest BCUT2D eigenvalue weighted by Gasteiger charge is -1.97. The molecule has 6 nitrogen and oxygen atoms in total. The van der Waals surface area contributed by atoms with Gasteiger partial charge in [0.25, 0.3) is 5.89 Å². The van der Waals surface area contributed by atoms with Crippen molar-refractivity contribution in [3.8, 4) is 0 Å². The highest BCUT2D eigenvalue weighted by Crippen LogP contribution is 2.26. The summed E-state index contributed by atoms with van der Waals surface area (Å²) in [7, 11) is -2.93. The van der Waals surface area contributed by atoms with Crippen molar-refractivity contribution in [2.75, 3.05) is 11.5 Å². The summed E-state index contributed by atoms with van der Waals surface area (Å²) in [5, 5.41) is 12.3. The fraction of sp³-hybridized carbons (Fsp3) is 0.714. The minimum absolute atomic E-state index is 0.0808. The van der Waals surface area contributed by atoms with E-state index in [2.05, 4.69) is 14.7 Å². The Morgan fingerprint density at radius 1 is 1.57 bits per heavy atom. The molecular weight excluding hydrogens is 208 g/mol. The third-order valence-electron chi connectivity index (χ3n) is 2.22. The second kappa shape index (κ2) is 3.32. The summed E-state index contributed by atoms with van der Waals surface area (Å²) >= 11 is 0. The van der Waals surface area contributed by atoms with E-state index in [1.165, 1.54) is 0 Å². The minimum atomic E-state index is -2.93. The van der Waals surface area contributed by atoms with Crippen LogP contribution in [0.1, 0.15) is 24.1 Å². The van der Waals surface area contributed by atoms with Gasteiger partial charge in [-0.2, -0.15) is 4.98 Å². The van der Waals surface area contributed by atoms with Gasteiger partial charge in [-0.15, -0.1) is 0 Å². The first-order valence-electron chi connectivity index (χ1n) is 4.24. The normalized spacial score (nSPS) is 25.4. The molecule has 1 saturated heterocycles. The van der Waals surface area contributed by atoms with Crippen LogP contribution in [0.3, 0.4) is 0 Å². The Hall–Kier alpha value is -0.950. The van der Waals surface area contributed by atoms with E-state index in [0.717, 1.165) is 0 Å². The van der Waals surface area contributed by atoms with Gasteiger partial charge in [-0.1, -0.05) is 5.16 Å². The van der Waals surface area contributed by atoms with Crippen LogP contribution in [0.15, 0.2) is 4.52 Å². The Labute approximate surface area is 80.9 Å². The van der Waals surface area contributed by atoms with Crippen molar-refractivity contribution in [2.24, 2.45) is 0 Å². The summed E-state index contributed by atoms with van der Waals surface area (Å²) in [6, 6.07) is 0. The Kier molecular flexibility index (Phi) is 2.28. The number of aliphatic hydroxyl groups excluding tert-OH is 1. The molecule has 0 bridgehead atoms. The van der Waals surface area contributed by atoms with E-state index >= 15 is 0 Å². The summed E-state index contributed by atoms with van der Waals surface area (Å²) in [6.07, 6.45) is 0.534. The Bertz CT molecular complexity index is 425. The van der Waals surface area contributed by atoms with E-state index in [1.807, 2.05) is 0 Å². The molecule has 0 aliphatic carbocycles. The maximum Gasteiger partial charge on any atom is 0.252 e. The molecule has 78 valence electrons.